The van der Waals surface area contributed by atoms with Gasteiger partial charge in [0.1, 0.15) is 0 Å². The summed E-state index contributed by atoms with van der Waals surface area (Å²) in [5, 5.41) is 4.81. The van der Waals surface area contributed by atoms with E-state index in [1.165, 1.54) is 12.1 Å². The summed E-state index contributed by atoms with van der Waals surface area (Å²) >= 11 is 0. The molecule has 0 aliphatic rings. The number of nitrogens with one attached hydrogen (secondary N) is 1. The van der Waals surface area contributed by atoms with Crippen LogP contribution in [0.5, 0.6) is 0 Å². The number of hydrogen-bond donors (Lipinski definition) is 3. The van der Waals surface area contributed by atoms with Crippen LogP contribution >= 0.6 is 0 Å². The molecule has 0 aliphatic carbocycles. The van der Waals surface area contributed by atoms with Gasteiger partial charge in [0.25, 0.3) is 0 Å². The fraction of sp³-hybridized carbons (Fsp3) is 0.400. The maximum absolute atomic E-state index is 11.8. The standard InChI is InChI=1S/C10H17N3O4S2/c11-8-9-2-4-10(5-3-9)19(16,17)13-6-1-7-18(12,14)15/h2-5,13H,1,6-8,11H2,(H2,12,14,15). The number of benzene rings is 1. The van der Waals surface area contributed by atoms with E-state index in [0.717, 1.165) is 5.56 Å². The molecule has 0 bridgehead atoms. The molecule has 0 aliphatic heterocycles. The predicted octanol–water partition coefficient (Wildman–Crippen LogP) is -0.898. The molecule has 1 rings (SSSR count). The van der Waals surface area contributed by atoms with Gasteiger partial charge in [-0.2, -0.15) is 0 Å². The Kier molecular flexibility index (Phi) is 5.44. The van der Waals surface area contributed by atoms with Crippen molar-refractivity contribution in [2.45, 2.75) is 17.9 Å². The van der Waals surface area contributed by atoms with Crippen LogP contribution in [0.15, 0.2) is 29.2 Å². The van der Waals surface area contributed by atoms with E-state index < -0.39 is 20.0 Å². The lowest BCUT2D eigenvalue weighted by Gasteiger charge is -2.07. The maximum Gasteiger partial charge on any atom is 0.240 e. The second-order valence-corrected chi connectivity index (χ2v) is 7.47. The van der Waals surface area contributed by atoms with Gasteiger partial charge in [0.15, 0.2) is 0 Å². The van der Waals surface area contributed by atoms with Crippen molar-refractivity contribution < 1.29 is 16.8 Å². The summed E-state index contributed by atoms with van der Waals surface area (Å²) in [5.41, 5.74) is 6.24. The van der Waals surface area contributed by atoms with Crippen molar-refractivity contribution in [1.82, 2.24) is 4.72 Å². The molecule has 0 heterocycles. The monoisotopic (exact) mass is 307 g/mol. The van der Waals surface area contributed by atoms with E-state index in [4.69, 9.17) is 10.9 Å². The first kappa shape index (κ1) is 16.1. The number of hydrogen-bond acceptors (Lipinski definition) is 5. The normalized spacial score (nSPS) is 12.5. The van der Waals surface area contributed by atoms with Gasteiger partial charge in [0, 0.05) is 13.1 Å². The van der Waals surface area contributed by atoms with Crippen molar-refractivity contribution in [3.8, 4) is 0 Å². The fourth-order valence-corrected chi connectivity index (χ4v) is 2.99. The molecule has 7 nitrogen and oxygen atoms in total. The van der Waals surface area contributed by atoms with E-state index in [9.17, 15) is 16.8 Å². The first-order chi connectivity index (χ1) is 8.74. The molecule has 1 aromatic carbocycles. The van der Waals surface area contributed by atoms with Crippen molar-refractivity contribution in [2.75, 3.05) is 12.3 Å². The number of sulfonamides is 2. The zero-order valence-electron chi connectivity index (χ0n) is 10.2. The van der Waals surface area contributed by atoms with Gasteiger partial charge in [0.05, 0.1) is 10.6 Å². The zero-order valence-corrected chi connectivity index (χ0v) is 11.9. The highest BCUT2D eigenvalue weighted by Gasteiger charge is 2.13. The molecule has 0 saturated heterocycles. The highest BCUT2D eigenvalue weighted by Crippen LogP contribution is 2.10. The van der Waals surface area contributed by atoms with E-state index in [2.05, 4.69) is 4.72 Å². The zero-order chi connectivity index (χ0) is 14.5. The first-order valence-corrected chi connectivity index (χ1v) is 8.73. The van der Waals surface area contributed by atoms with E-state index in [-0.39, 0.29) is 23.6 Å². The van der Waals surface area contributed by atoms with Crippen LogP contribution in [0.1, 0.15) is 12.0 Å². The molecule has 0 unspecified atom stereocenters. The Hall–Kier alpha value is -1.00. The quantitative estimate of drug-likeness (QED) is 0.562. The van der Waals surface area contributed by atoms with Gasteiger partial charge < -0.3 is 5.73 Å². The third kappa shape index (κ3) is 5.66. The van der Waals surface area contributed by atoms with Crippen molar-refractivity contribution in [2.24, 2.45) is 10.9 Å². The molecule has 0 spiro atoms. The summed E-state index contributed by atoms with van der Waals surface area (Å²) in [6.07, 6.45) is 0.124. The second kappa shape index (κ2) is 6.44. The minimum atomic E-state index is -3.63. The maximum atomic E-state index is 11.8. The molecule has 0 saturated carbocycles. The summed E-state index contributed by atoms with van der Waals surface area (Å²) in [6.45, 7) is 0.347. The van der Waals surface area contributed by atoms with E-state index in [0.29, 0.717) is 6.54 Å². The molecule has 0 radical (unpaired) electrons. The molecule has 1 aromatic rings. The lowest BCUT2D eigenvalue weighted by molar-refractivity contribution is 0.576. The van der Waals surface area contributed by atoms with Gasteiger partial charge in [-0.05, 0) is 24.1 Å². The Labute approximate surface area is 113 Å². The van der Waals surface area contributed by atoms with Gasteiger partial charge >= 0.3 is 0 Å². The lowest BCUT2D eigenvalue weighted by atomic mass is 10.2. The van der Waals surface area contributed by atoms with Gasteiger partial charge in [-0.1, -0.05) is 12.1 Å². The summed E-state index contributed by atoms with van der Waals surface area (Å²) in [5.74, 6) is -0.262. The summed E-state index contributed by atoms with van der Waals surface area (Å²) in [7, 11) is -7.19. The van der Waals surface area contributed by atoms with Crippen LogP contribution in [0.3, 0.4) is 0 Å². The average Bonchev–Trinajstić information content (AvgIpc) is 2.34. The first-order valence-electron chi connectivity index (χ1n) is 5.54. The Morgan fingerprint density at radius 1 is 1.05 bits per heavy atom. The van der Waals surface area contributed by atoms with Crippen LogP contribution in [-0.4, -0.2) is 29.1 Å². The van der Waals surface area contributed by atoms with E-state index >= 15 is 0 Å². The number of nitrogens with two attached hydrogens (primary N) is 2. The third-order valence-electron chi connectivity index (χ3n) is 2.37. The van der Waals surface area contributed by atoms with Crippen LogP contribution in [0.25, 0.3) is 0 Å². The minimum absolute atomic E-state index is 0.0113. The van der Waals surface area contributed by atoms with Crippen LogP contribution in [0, 0.1) is 0 Å². The third-order valence-corrected chi connectivity index (χ3v) is 4.70. The molecule has 5 N–H and O–H groups in total. The van der Waals surface area contributed by atoms with Crippen LogP contribution in [0.2, 0.25) is 0 Å². The summed E-state index contributed by atoms with van der Waals surface area (Å²) in [4.78, 5) is 0.111. The van der Waals surface area contributed by atoms with Crippen molar-refractivity contribution in [1.29, 1.82) is 0 Å². The lowest BCUT2D eigenvalue weighted by Crippen LogP contribution is -2.27. The summed E-state index contributed by atoms with van der Waals surface area (Å²) < 4.78 is 47.3. The Morgan fingerprint density at radius 2 is 1.63 bits per heavy atom. The SMILES string of the molecule is NCc1ccc(S(=O)(=O)NCCCS(N)(=O)=O)cc1. The number of rotatable bonds is 7. The summed E-state index contributed by atoms with van der Waals surface area (Å²) in [6, 6.07) is 6.15. The van der Waals surface area contributed by atoms with Crippen LogP contribution in [0.4, 0.5) is 0 Å². The van der Waals surface area contributed by atoms with E-state index in [1.54, 1.807) is 12.1 Å². The molecular formula is C10H17N3O4S2. The van der Waals surface area contributed by atoms with Crippen molar-refractivity contribution in [3.63, 3.8) is 0 Å². The molecule has 9 heteroatoms. The molecule has 108 valence electrons. The largest absolute Gasteiger partial charge is 0.326 e. The Morgan fingerprint density at radius 3 is 2.11 bits per heavy atom. The second-order valence-electron chi connectivity index (χ2n) is 3.97. The topological polar surface area (TPSA) is 132 Å². The van der Waals surface area contributed by atoms with Crippen molar-refractivity contribution >= 4 is 20.0 Å². The smallest absolute Gasteiger partial charge is 0.240 e. The molecule has 0 atom stereocenters. The van der Waals surface area contributed by atoms with Crippen LogP contribution in [-0.2, 0) is 26.6 Å². The average molecular weight is 307 g/mol. The molecule has 0 aromatic heterocycles. The Bertz CT molecular complexity index is 609. The van der Waals surface area contributed by atoms with Gasteiger partial charge in [-0.15, -0.1) is 0 Å². The molecule has 19 heavy (non-hydrogen) atoms. The molecule has 0 amide bonds. The highest BCUT2D eigenvalue weighted by molar-refractivity contribution is 7.89. The van der Waals surface area contributed by atoms with Crippen molar-refractivity contribution in [3.05, 3.63) is 29.8 Å². The molecule has 0 fully saturated rings. The van der Waals surface area contributed by atoms with Crippen LogP contribution < -0.4 is 15.6 Å². The Balaban J connectivity index is 2.60. The molecular weight excluding hydrogens is 290 g/mol. The number of primary sulfonamides is 1. The highest BCUT2D eigenvalue weighted by atomic mass is 32.2. The van der Waals surface area contributed by atoms with Gasteiger partial charge in [0.2, 0.25) is 20.0 Å². The predicted molar refractivity (Wildman–Crippen MR) is 72.1 cm³/mol. The van der Waals surface area contributed by atoms with E-state index in [1.807, 2.05) is 0 Å². The van der Waals surface area contributed by atoms with Gasteiger partial charge in [-0.25, -0.2) is 26.7 Å². The van der Waals surface area contributed by atoms with Gasteiger partial charge in [-0.3, -0.25) is 0 Å². The minimum Gasteiger partial charge on any atom is -0.326 e. The fourth-order valence-electron chi connectivity index (χ4n) is 1.37.